The highest BCUT2D eigenvalue weighted by molar-refractivity contribution is 6.08. The van der Waals surface area contributed by atoms with Crippen LogP contribution in [-0.2, 0) is 6.42 Å². The van der Waals surface area contributed by atoms with Gasteiger partial charge in [0.15, 0.2) is 5.78 Å². The Labute approximate surface area is 118 Å². The summed E-state index contributed by atoms with van der Waals surface area (Å²) in [6, 6.07) is 8.37. The van der Waals surface area contributed by atoms with Crippen LogP contribution in [0.5, 0.6) is 0 Å². The van der Waals surface area contributed by atoms with Crippen molar-refractivity contribution >= 4 is 17.7 Å². The van der Waals surface area contributed by atoms with Crippen molar-refractivity contribution in [2.75, 3.05) is 11.9 Å². The molecule has 1 N–H and O–H groups in total. The van der Waals surface area contributed by atoms with Crippen molar-refractivity contribution in [2.24, 2.45) is 0 Å². The minimum Gasteiger partial charge on any atom is -0.362 e. The second-order valence-electron chi connectivity index (χ2n) is 5.06. The van der Waals surface area contributed by atoms with E-state index in [1.165, 1.54) is 11.1 Å². The summed E-state index contributed by atoms with van der Waals surface area (Å²) in [5.74, 6) is 0.807. The Morgan fingerprint density at radius 3 is 2.80 bits per heavy atom. The number of rotatable bonds is 3. The molecule has 100 valence electrons. The topological polar surface area (TPSA) is 42.0 Å². The van der Waals surface area contributed by atoms with Crippen LogP contribution in [0.4, 0.5) is 5.82 Å². The van der Waals surface area contributed by atoms with Crippen LogP contribution in [-0.4, -0.2) is 17.3 Å². The van der Waals surface area contributed by atoms with Gasteiger partial charge in [-0.3, -0.25) is 4.79 Å². The summed E-state index contributed by atoms with van der Waals surface area (Å²) in [7, 11) is 0. The molecule has 0 radical (unpaired) electrons. The number of hydrogen-bond acceptors (Lipinski definition) is 3. The van der Waals surface area contributed by atoms with Crippen molar-refractivity contribution in [3.05, 3.63) is 64.9 Å². The van der Waals surface area contributed by atoms with Gasteiger partial charge in [-0.2, -0.15) is 0 Å². The van der Waals surface area contributed by atoms with Crippen molar-refractivity contribution in [1.82, 2.24) is 4.98 Å². The van der Waals surface area contributed by atoms with E-state index in [-0.39, 0.29) is 5.78 Å². The molecular weight excluding hydrogens is 248 g/mol. The fraction of sp³-hybridized carbons (Fsp3) is 0.176. The molecule has 0 bridgehead atoms. The number of pyridine rings is 1. The van der Waals surface area contributed by atoms with Gasteiger partial charge in [-0.05, 0) is 30.0 Å². The highest BCUT2D eigenvalue weighted by atomic mass is 16.1. The maximum absolute atomic E-state index is 12.1. The van der Waals surface area contributed by atoms with Gasteiger partial charge in [0.05, 0.1) is 12.1 Å². The van der Waals surface area contributed by atoms with E-state index in [1.807, 2.05) is 0 Å². The number of nitrogens with one attached hydrogen (secondary N) is 1. The lowest BCUT2D eigenvalue weighted by atomic mass is 9.95. The van der Waals surface area contributed by atoms with Crippen LogP contribution in [0.3, 0.4) is 0 Å². The summed E-state index contributed by atoms with van der Waals surface area (Å²) in [6.07, 6.45) is 4.27. The monoisotopic (exact) mass is 264 g/mol. The van der Waals surface area contributed by atoms with Gasteiger partial charge in [-0.25, -0.2) is 4.98 Å². The predicted octanol–water partition coefficient (Wildman–Crippen LogP) is 3.23. The highest BCUT2D eigenvalue weighted by Crippen LogP contribution is 2.28. The molecule has 0 saturated heterocycles. The average molecular weight is 264 g/mol. The largest absolute Gasteiger partial charge is 0.362 e. The number of fused-ring (bicyclic) bond motifs is 1. The van der Waals surface area contributed by atoms with E-state index in [9.17, 15) is 4.79 Å². The molecule has 2 aromatic rings. The maximum Gasteiger partial charge on any atom is 0.185 e. The summed E-state index contributed by atoms with van der Waals surface area (Å²) >= 11 is 0. The SMILES string of the molecule is C=Cc1cnc2c(c1Cc1ccc(C)cc1)C(=O)CN2. The molecular formula is C17H16N2O. The summed E-state index contributed by atoms with van der Waals surface area (Å²) in [4.78, 5) is 16.4. The molecule has 1 aliphatic heterocycles. The van der Waals surface area contributed by atoms with Gasteiger partial charge < -0.3 is 5.32 Å². The van der Waals surface area contributed by atoms with E-state index in [0.717, 1.165) is 23.1 Å². The molecule has 3 rings (SSSR count). The molecule has 1 aromatic heterocycles. The molecule has 20 heavy (non-hydrogen) atoms. The van der Waals surface area contributed by atoms with Gasteiger partial charge in [0.1, 0.15) is 5.82 Å². The van der Waals surface area contributed by atoms with E-state index < -0.39 is 0 Å². The number of anilines is 1. The smallest absolute Gasteiger partial charge is 0.185 e. The van der Waals surface area contributed by atoms with Crippen LogP contribution >= 0.6 is 0 Å². The molecule has 0 saturated carbocycles. The van der Waals surface area contributed by atoms with Crippen LogP contribution < -0.4 is 5.32 Å². The molecule has 0 unspecified atom stereocenters. The van der Waals surface area contributed by atoms with Crippen LogP contribution in [0.15, 0.2) is 37.0 Å². The molecule has 2 heterocycles. The average Bonchev–Trinajstić information content (AvgIpc) is 2.84. The first kappa shape index (κ1) is 12.6. The fourth-order valence-corrected chi connectivity index (χ4v) is 2.53. The normalized spacial score (nSPS) is 12.9. The quantitative estimate of drug-likeness (QED) is 0.925. The number of carbonyl (C=O) groups excluding carboxylic acids is 1. The van der Waals surface area contributed by atoms with Crippen LogP contribution in [0.25, 0.3) is 6.08 Å². The van der Waals surface area contributed by atoms with Crippen LogP contribution in [0.2, 0.25) is 0 Å². The molecule has 0 amide bonds. The number of aromatic nitrogens is 1. The third-order valence-electron chi connectivity index (χ3n) is 3.64. The lowest BCUT2D eigenvalue weighted by molar-refractivity contribution is 0.101. The summed E-state index contributed by atoms with van der Waals surface area (Å²) in [5.41, 5.74) is 5.09. The van der Waals surface area contributed by atoms with E-state index in [1.54, 1.807) is 12.3 Å². The summed E-state index contributed by atoms with van der Waals surface area (Å²) in [6.45, 7) is 6.23. The molecule has 1 aliphatic rings. The lowest BCUT2D eigenvalue weighted by Gasteiger charge is -2.10. The number of Topliss-reactive ketones (excluding diaryl/α,β-unsaturated/α-hetero) is 1. The molecule has 1 aromatic carbocycles. The minimum absolute atomic E-state index is 0.110. The van der Waals surface area contributed by atoms with Gasteiger partial charge in [0, 0.05) is 6.20 Å². The van der Waals surface area contributed by atoms with Crippen molar-refractivity contribution in [3.63, 3.8) is 0 Å². The number of carbonyl (C=O) groups is 1. The fourth-order valence-electron chi connectivity index (χ4n) is 2.53. The third kappa shape index (κ3) is 2.11. The van der Waals surface area contributed by atoms with Crippen LogP contribution in [0.1, 0.15) is 32.6 Å². The molecule has 0 atom stereocenters. The number of aryl methyl sites for hydroxylation is 1. The Balaban J connectivity index is 2.08. The third-order valence-corrected chi connectivity index (χ3v) is 3.64. The van der Waals surface area contributed by atoms with E-state index in [2.05, 4.69) is 48.1 Å². The second kappa shape index (κ2) is 4.93. The number of ketones is 1. The van der Waals surface area contributed by atoms with Gasteiger partial charge in [0.25, 0.3) is 0 Å². The molecule has 0 fully saturated rings. The minimum atomic E-state index is 0.110. The van der Waals surface area contributed by atoms with Crippen LogP contribution in [0, 0.1) is 6.92 Å². The number of hydrogen-bond donors (Lipinski definition) is 1. The summed E-state index contributed by atoms with van der Waals surface area (Å²) < 4.78 is 0. The Bertz CT molecular complexity index is 687. The standard InChI is InChI=1S/C17H16N2O/c1-3-13-9-18-17-16(15(20)10-19-17)14(13)8-12-6-4-11(2)5-7-12/h3-7,9H,1,8,10H2,2H3,(H,18,19). The lowest BCUT2D eigenvalue weighted by Crippen LogP contribution is -2.05. The first-order valence-corrected chi connectivity index (χ1v) is 6.66. The Hall–Kier alpha value is -2.42. The molecule has 0 spiro atoms. The van der Waals surface area contributed by atoms with Crippen molar-refractivity contribution in [3.8, 4) is 0 Å². The summed E-state index contributed by atoms with van der Waals surface area (Å²) in [5, 5.41) is 3.04. The van der Waals surface area contributed by atoms with Gasteiger partial charge in [-0.1, -0.05) is 42.5 Å². The second-order valence-corrected chi connectivity index (χ2v) is 5.06. The molecule has 3 heteroatoms. The number of nitrogens with zero attached hydrogens (tertiary/aromatic N) is 1. The zero-order valence-corrected chi connectivity index (χ0v) is 11.4. The first-order valence-electron chi connectivity index (χ1n) is 6.66. The predicted molar refractivity (Wildman–Crippen MR) is 81.1 cm³/mol. The van der Waals surface area contributed by atoms with Gasteiger partial charge >= 0.3 is 0 Å². The highest BCUT2D eigenvalue weighted by Gasteiger charge is 2.25. The maximum atomic E-state index is 12.1. The number of benzene rings is 1. The van der Waals surface area contributed by atoms with E-state index in [4.69, 9.17) is 0 Å². The Morgan fingerprint density at radius 2 is 2.10 bits per heavy atom. The zero-order chi connectivity index (χ0) is 14.1. The first-order chi connectivity index (χ1) is 9.69. The molecule has 0 aliphatic carbocycles. The van der Waals surface area contributed by atoms with Crippen molar-refractivity contribution in [1.29, 1.82) is 0 Å². The zero-order valence-electron chi connectivity index (χ0n) is 11.4. The van der Waals surface area contributed by atoms with Gasteiger partial charge in [0.2, 0.25) is 0 Å². The van der Waals surface area contributed by atoms with Gasteiger partial charge in [-0.15, -0.1) is 0 Å². The Morgan fingerprint density at radius 1 is 1.35 bits per heavy atom. The Kier molecular flexibility index (Phi) is 3.11. The van der Waals surface area contributed by atoms with Crippen molar-refractivity contribution < 1.29 is 4.79 Å². The molecule has 3 nitrogen and oxygen atoms in total. The van der Waals surface area contributed by atoms with E-state index >= 15 is 0 Å². The van der Waals surface area contributed by atoms with Crippen molar-refractivity contribution in [2.45, 2.75) is 13.3 Å². The van der Waals surface area contributed by atoms with E-state index in [0.29, 0.717) is 12.4 Å².